The number of rotatable bonds is 4. The highest BCUT2D eigenvalue weighted by atomic mass is 35.5. The fourth-order valence-corrected chi connectivity index (χ4v) is 3.79. The van der Waals surface area contributed by atoms with Crippen LogP contribution in [0.15, 0.2) is 18.2 Å². The van der Waals surface area contributed by atoms with E-state index < -0.39 is 0 Å². The number of hydrogen-bond acceptors (Lipinski definition) is 1. The van der Waals surface area contributed by atoms with Crippen molar-refractivity contribution < 1.29 is 0 Å². The van der Waals surface area contributed by atoms with E-state index in [1.807, 2.05) is 6.07 Å². The van der Waals surface area contributed by atoms with E-state index >= 15 is 0 Å². The molecular formula is C17H26ClN. The smallest absolute Gasteiger partial charge is 0.0435 e. The molecule has 0 aromatic heterocycles. The Hall–Kier alpha value is -0.530. The molecule has 3 unspecified atom stereocenters. The van der Waals surface area contributed by atoms with E-state index in [1.165, 1.54) is 43.2 Å². The fraction of sp³-hybridized carbons (Fsp3) is 0.647. The molecule has 1 N–H and O–H groups in total. The highest BCUT2D eigenvalue weighted by molar-refractivity contribution is 6.31. The summed E-state index contributed by atoms with van der Waals surface area (Å²) in [6.07, 6.45) is 6.84. The number of halogens is 1. The lowest BCUT2D eigenvalue weighted by Gasteiger charge is -2.37. The third kappa shape index (κ3) is 3.32. The molecule has 1 aliphatic carbocycles. The Kier molecular flexibility index (Phi) is 5.29. The molecule has 19 heavy (non-hydrogen) atoms. The molecule has 1 fully saturated rings. The van der Waals surface area contributed by atoms with Crippen molar-refractivity contribution in [1.29, 1.82) is 0 Å². The van der Waals surface area contributed by atoms with Crippen LogP contribution in [0, 0.1) is 18.8 Å². The first kappa shape index (κ1) is 14.9. The summed E-state index contributed by atoms with van der Waals surface area (Å²) in [4.78, 5) is 0. The Morgan fingerprint density at radius 1 is 1.32 bits per heavy atom. The van der Waals surface area contributed by atoms with Crippen LogP contribution >= 0.6 is 11.6 Å². The van der Waals surface area contributed by atoms with Crippen LogP contribution in [0.5, 0.6) is 0 Å². The Morgan fingerprint density at radius 3 is 2.68 bits per heavy atom. The van der Waals surface area contributed by atoms with Crippen molar-refractivity contribution in [3.63, 3.8) is 0 Å². The Bertz CT molecular complexity index is 416. The van der Waals surface area contributed by atoms with Crippen LogP contribution in [-0.2, 0) is 0 Å². The SMILES string of the molecule is CCC1CCCCC1C(NC)c1ccc(Cl)c(C)c1. The molecule has 3 atom stereocenters. The minimum atomic E-state index is 0.473. The van der Waals surface area contributed by atoms with Crippen molar-refractivity contribution >= 4 is 11.6 Å². The maximum Gasteiger partial charge on any atom is 0.0435 e. The van der Waals surface area contributed by atoms with Crippen LogP contribution in [0.25, 0.3) is 0 Å². The van der Waals surface area contributed by atoms with Gasteiger partial charge in [0.25, 0.3) is 0 Å². The predicted octanol–water partition coefficient (Wildman–Crippen LogP) is 5.13. The lowest BCUT2D eigenvalue weighted by molar-refractivity contribution is 0.180. The van der Waals surface area contributed by atoms with Gasteiger partial charge in [0.2, 0.25) is 0 Å². The lowest BCUT2D eigenvalue weighted by Crippen LogP contribution is -2.32. The molecule has 0 bridgehead atoms. The Morgan fingerprint density at radius 2 is 2.05 bits per heavy atom. The van der Waals surface area contributed by atoms with Gasteiger partial charge < -0.3 is 5.32 Å². The van der Waals surface area contributed by atoms with Gasteiger partial charge in [-0.2, -0.15) is 0 Å². The second kappa shape index (κ2) is 6.76. The molecule has 1 aromatic carbocycles. The van der Waals surface area contributed by atoms with E-state index in [0.717, 1.165) is 16.9 Å². The lowest BCUT2D eigenvalue weighted by atomic mass is 9.72. The van der Waals surface area contributed by atoms with Crippen LogP contribution in [0.1, 0.15) is 56.2 Å². The summed E-state index contributed by atoms with van der Waals surface area (Å²) in [6, 6.07) is 6.96. The standard InChI is InChI=1S/C17H26ClN/c1-4-13-7-5-6-8-15(13)17(19-3)14-9-10-16(18)12(2)11-14/h9-11,13,15,17,19H,4-8H2,1-3H3. The summed E-state index contributed by atoms with van der Waals surface area (Å²) < 4.78 is 0. The van der Waals surface area contributed by atoms with Gasteiger partial charge in [-0.15, -0.1) is 0 Å². The molecule has 1 saturated carbocycles. The fourth-order valence-electron chi connectivity index (χ4n) is 3.67. The highest BCUT2D eigenvalue weighted by Crippen LogP contribution is 2.40. The molecule has 0 amide bonds. The van der Waals surface area contributed by atoms with E-state index in [9.17, 15) is 0 Å². The zero-order chi connectivity index (χ0) is 13.8. The minimum absolute atomic E-state index is 0.473. The third-order valence-electron chi connectivity index (χ3n) is 4.77. The third-order valence-corrected chi connectivity index (χ3v) is 5.20. The molecular weight excluding hydrogens is 254 g/mol. The van der Waals surface area contributed by atoms with Crippen molar-refractivity contribution in [3.8, 4) is 0 Å². The number of nitrogens with one attached hydrogen (secondary N) is 1. The molecule has 0 spiro atoms. The van der Waals surface area contributed by atoms with Crippen LogP contribution in [-0.4, -0.2) is 7.05 Å². The average molecular weight is 280 g/mol. The van der Waals surface area contributed by atoms with Crippen molar-refractivity contribution in [2.45, 2.75) is 52.0 Å². The summed E-state index contributed by atoms with van der Waals surface area (Å²) in [5, 5.41) is 4.43. The maximum atomic E-state index is 6.15. The van der Waals surface area contributed by atoms with Crippen LogP contribution in [0.3, 0.4) is 0 Å². The minimum Gasteiger partial charge on any atom is -0.313 e. The predicted molar refractivity (Wildman–Crippen MR) is 83.7 cm³/mol. The van der Waals surface area contributed by atoms with Gasteiger partial charge in [0.15, 0.2) is 0 Å². The average Bonchev–Trinajstić information content (AvgIpc) is 2.44. The van der Waals surface area contributed by atoms with Gasteiger partial charge in [-0.1, -0.05) is 56.3 Å². The first-order valence-corrected chi connectivity index (χ1v) is 7.98. The van der Waals surface area contributed by atoms with E-state index in [1.54, 1.807) is 0 Å². The van der Waals surface area contributed by atoms with Gasteiger partial charge in [-0.3, -0.25) is 0 Å². The first-order valence-electron chi connectivity index (χ1n) is 7.60. The summed E-state index contributed by atoms with van der Waals surface area (Å²) in [5.41, 5.74) is 2.58. The number of aryl methyl sites for hydroxylation is 1. The number of benzene rings is 1. The van der Waals surface area contributed by atoms with Crippen molar-refractivity contribution in [1.82, 2.24) is 5.32 Å². The first-order chi connectivity index (χ1) is 9.17. The van der Waals surface area contributed by atoms with Gasteiger partial charge in [-0.25, -0.2) is 0 Å². The zero-order valence-corrected chi connectivity index (χ0v) is 13.1. The molecule has 0 heterocycles. The van der Waals surface area contributed by atoms with Gasteiger partial charge in [-0.05, 0) is 49.4 Å². The molecule has 1 aromatic rings. The molecule has 2 rings (SSSR count). The molecule has 1 nitrogen and oxygen atoms in total. The molecule has 0 aliphatic heterocycles. The zero-order valence-electron chi connectivity index (χ0n) is 12.4. The van der Waals surface area contributed by atoms with E-state index in [-0.39, 0.29) is 0 Å². The normalized spacial score (nSPS) is 25.3. The topological polar surface area (TPSA) is 12.0 Å². The molecule has 0 radical (unpaired) electrons. The number of hydrogen-bond donors (Lipinski definition) is 1. The van der Waals surface area contributed by atoms with Crippen LogP contribution < -0.4 is 5.32 Å². The van der Waals surface area contributed by atoms with Gasteiger partial charge >= 0.3 is 0 Å². The molecule has 1 aliphatic rings. The van der Waals surface area contributed by atoms with Gasteiger partial charge in [0, 0.05) is 11.1 Å². The monoisotopic (exact) mass is 279 g/mol. The summed E-state index contributed by atoms with van der Waals surface area (Å²) in [7, 11) is 2.09. The summed E-state index contributed by atoms with van der Waals surface area (Å²) in [6.45, 7) is 4.43. The maximum absolute atomic E-state index is 6.15. The van der Waals surface area contributed by atoms with E-state index in [4.69, 9.17) is 11.6 Å². The van der Waals surface area contributed by atoms with Crippen molar-refractivity contribution in [2.75, 3.05) is 7.05 Å². The highest BCUT2D eigenvalue weighted by Gasteiger charge is 2.30. The summed E-state index contributed by atoms with van der Waals surface area (Å²) in [5.74, 6) is 1.63. The van der Waals surface area contributed by atoms with Crippen molar-refractivity contribution in [3.05, 3.63) is 34.3 Å². The van der Waals surface area contributed by atoms with Crippen molar-refractivity contribution in [2.24, 2.45) is 11.8 Å². The van der Waals surface area contributed by atoms with Gasteiger partial charge in [0.05, 0.1) is 0 Å². The Balaban J connectivity index is 2.24. The molecule has 2 heteroatoms. The van der Waals surface area contributed by atoms with E-state index in [0.29, 0.717) is 6.04 Å². The molecule has 106 valence electrons. The molecule has 0 saturated heterocycles. The Labute approximate surface area is 122 Å². The second-order valence-electron chi connectivity index (χ2n) is 5.89. The summed E-state index contributed by atoms with van der Waals surface area (Å²) >= 11 is 6.15. The van der Waals surface area contributed by atoms with Gasteiger partial charge in [0.1, 0.15) is 0 Å². The largest absolute Gasteiger partial charge is 0.313 e. The second-order valence-corrected chi connectivity index (χ2v) is 6.30. The van der Waals surface area contributed by atoms with E-state index in [2.05, 4.69) is 38.3 Å². The van der Waals surface area contributed by atoms with Crippen LogP contribution in [0.2, 0.25) is 5.02 Å². The quantitative estimate of drug-likeness (QED) is 0.806. The van der Waals surface area contributed by atoms with Crippen LogP contribution in [0.4, 0.5) is 0 Å².